The van der Waals surface area contributed by atoms with Crippen LogP contribution in [0.25, 0.3) is 0 Å². The lowest BCUT2D eigenvalue weighted by molar-refractivity contribution is -0.893. The highest BCUT2D eigenvalue weighted by Gasteiger charge is 2.23. The van der Waals surface area contributed by atoms with Crippen LogP contribution in [-0.4, -0.2) is 70.2 Å². The number of rotatable bonds is 19. The molecule has 0 N–H and O–H groups in total. The quantitative estimate of drug-likeness (QED) is 0.161. The van der Waals surface area contributed by atoms with Crippen molar-refractivity contribution in [2.24, 2.45) is 0 Å². The third kappa shape index (κ3) is 15.8. The number of benzene rings is 1. The van der Waals surface area contributed by atoms with E-state index < -0.39 is 0 Å². The van der Waals surface area contributed by atoms with Crippen molar-refractivity contribution < 1.29 is 40.5 Å². The maximum Gasteiger partial charge on any atom is 0.338 e. The number of hydrogen-bond donors (Lipinski definition) is 0. The van der Waals surface area contributed by atoms with Crippen molar-refractivity contribution in [2.75, 3.05) is 53.6 Å². The molecule has 1 aromatic rings. The number of carbonyl (C=O) groups is 1. The zero-order chi connectivity index (χ0) is 22.8. The van der Waals surface area contributed by atoms with Gasteiger partial charge in [-0.1, -0.05) is 70.6 Å². The van der Waals surface area contributed by atoms with Crippen LogP contribution in [0.2, 0.25) is 0 Å². The molecule has 0 spiro atoms. The summed E-state index contributed by atoms with van der Waals surface area (Å²) in [5.74, 6) is -0.264. The van der Waals surface area contributed by atoms with Gasteiger partial charge in [0.05, 0.1) is 26.3 Å². The van der Waals surface area contributed by atoms with E-state index in [1.165, 1.54) is 38.5 Å². The lowest BCUT2D eigenvalue weighted by atomic mass is 10.2. The van der Waals surface area contributed by atoms with E-state index >= 15 is 0 Å². The Kier molecular flexibility index (Phi) is 18.9. The van der Waals surface area contributed by atoms with Gasteiger partial charge in [-0.3, -0.25) is 0 Å². The van der Waals surface area contributed by atoms with Gasteiger partial charge in [0.15, 0.2) is 0 Å². The Morgan fingerprint density at radius 2 is 1.50 bits per heavy atom. The van der Waals surface area contributed by atoms with Gasteiger partial charge in [-0.05, 0) is 25.0 Å². The second-order valence-electron chi connectivity index (χ2n) is 9.03. The molecule has 0 fully saturated rings. The normalized spacial score (nSPS) is 12.2. The second kappa shape index (κ2) is 19.5. The molecule has 0 aliphatic carbocycles. The molecule has 0 saturated heterocycles. The highest BCUT2D eigenvalue weighted by Crippen LogP contribution is 2.09. The number of hydrogen-bond acceptors (Lipinski definition) is 4. The Balaban J connectivity index is 0.00000961. The van der Waals surface area contributed by atoms with Crippen LogP contribution in [0.4, 0.5) is 0 Å². The third-order valence-corrected chi connectivity index (χ3v) is 5.43. The van der Waals surface area contributed by atoms with Crippen molar-refractivity contribution in [3.8, 4) is 0 Å². The summed E-state index contributed by atoms with van der Waals surface area (Å²) < 4.78 is 18.4. The minimum Gasteiger partial charge on any atom is -1.00 e. The first-order valence-electron chi connectivity index (χ1n) is 12.2. The summed E-state index contributed by atoms with van der Waals surface area (Å²) in [6, 6.07) is 9.15. The molecule has 6 heteroatoms. The van der Waals surface area contributed by atoms with Crippen molar-refractivity contribution in [3.05, 3.63) is 35.9 Å². The molecule has 1 rings (SSSR count). The van der Waals surface area contributed by atoms with Crippen LogP contribution < -0.4 is 17.0 Å². The fraction of sp³-hybridized carbons (Fsp3) is 0.731. The van der Waals surface area contributed by atoms with E-state index in [4.69, 9.17) is 14.2 Å². The first-order valence-corrected chi connectivity index (χ1v) is 12.2. The summed E-state index contributed by atoms with van der Waals surface area (Å²) in [7, 11) is 4.32. The van der Waals surface area contributed by atoms with Crippen LogP contribution in [0.1, 0.15) is 75.6 Å². The number of carbonyl (C=O) groups excluding carboxylic acids is 1. The van der Waals surface area contributed by atoms with Crippen LogP contribution >= 0.6 is 0 Å². The largest absolute Gasteiger partial charge is 1.00 e. The molecule has 32 heavy (non-hydrogen) atoms. The number of nitrogens with zero attached hydrogens (tertiary/aromatic N) is 1. The maximum atomic E-state index is 12.2. The van der Waals surface area contributed by atoms with Gasteiger partial charge in [0.1, 0.15) is 25.8 Å². The molecule has 0 heterocycles. The van der Waals surface area contributed by atoms with Crippen LogP contribution in [0.15, 0.2) is 30.3 Å². The number of unbranched alkanes of at least 4 members (excludes halogenated alkanes) is 6. The van der Waals surface area contributed by atoms with E-state index in [0.29, 0.717) is 18.8 Å². The Morgan fingerprint density at radius 3 is 2.12 bits per heavy atom. The average molecular weight is 517 g/mol. The Labute approximate surface area is 207 Å². The molecule has 5 nitrogen and oxygen atoms in total. The SMILES string of the molecule is CCCCCCOCC(C[N+](C)(C)CCOC(=O)c1ccccc1)OCCCCCC.[Br-]. The van der Waals surface area contributed by atoms with E-state index in [2.05, 4.69) is 27.9 Å². The van der Waals surface area contributed by atoms with Crippen LogP contribution in [0.3, 0.4) is 0 Å². The molecule has 0 aliphatic rings. The molecule has 0 radical (unpaired) electrons. The minimum atomic E-state index is -0.264. The Morgan fingerprint density at radius 1 is 0.875 bits per heavy atom. The van der Waals surface area contributed by atoms with Crippen LogP contribution in [0, 0.1) is 0 Å². The molecule has 1 atom stereocenters. The number of halogens is 1. The molecule has 0 saturated carbocycles. The molecule has 1 unspecified atom stereocenters. The van der Waals surface area contributed by atoms with Crippen molar-refractivity contribution >= 4 is 5.97 Å². The standard InChI is InChI=1S/C26H46NO4.BrH/c1-5-7-9-14-19-29-23-25(30-20-15-10-8-6-2)22-27(3,4)18-21-31-26(28)24-16-12-11-13-17-24;/h11-13,16-17,25H,5-10,14-15,18-23H2,1-4H3;1H/q+1;/p-1. The van der Waals surface area contributed by atoms with Gasteiger partial charge >= 0.3 is 5.97 Å². The molecule has 0 bridgehead atoms. The molecular weight excluding hydrogens is 470 g/mol. The smallest absolute Gasteiger partial charge is 0.338 e. The number of likely N-dealkylation sites (N-methyl/N-ethyl adjacent to an activating group) is 1. The fourth-order valence-electron chi connectivity index (χ4n) is 3.46. The predicted octanol–water partition coefficient (Wildman–Crippen LogP) is 2.49. The van der Waals surface area contributed by atoms with E-state index in [9.17, 15) is 4.79 Å². The average Bonchev–Trinajstić information content (AvgIpc) is 2.76. The summed E-state index contributed by atoms with van der Waals surface area (Å²) in [4.78, 5) is 12.2. The summed E-state index contributed by atoms with van der Waals surface area (Å²) in [6.07, 6.45) is 9.73. The number of ether oxygens (including phenoxy) is 3. The van der Waals surface area contributed by atoms with E-state index in [1.807, 2.05) is 18.2 Å². The molecule has 186 valence electrons. The number of quaternary nitrogens is 1. The number of esters is 1. The second-order valence-corrected chi connectivity index (χ2v) is 9.03. The molecule has 0 amide bonds. The highest BCUT2D eigenvalue weighted by atomic mass is 79.9. The molecule has 0 aliphatic heterocycles. The first-order chi connectivity index (χ1) is 15.0. The van der Waals surface area contributed by atoms with Gasteiger partial charge in [0.2, 0.25) is 0 Å². The molecule has 1 aromatic carbocycles. The minimum absolute atomic E-state index is 0. The summed E-state index contributed by atoms with van der Waals surface area (Å²) in [5, 5.41) is 0. The Bertz CT molecular complexity index is 568. The van der Waals surface area contributed by atoms with E-state index in [1.54, 1.807) is 12.1 Å². The summed E-state index contributed by atoms with van der Waals surface area (Å²) in [6.45, 7) is 8.63. The zero-order valence-electron chi connectivity index (χ0n) is 20.8. The van der Waals surface area contributed by atoms with Crippen LogP contribution in [0.5, 0.6) is 0 Å². The van der Waals surface area contributed by atoms with E-state index in [-0.39, 0.29) is 29.1 Å². The third-order valence-electron chi connectivity index (χ3n) is 5.43. The van der Waals surface area contributed by atoms with Gasteiger partial charge in [-0.2, -0.15) is 0 Å². The maximum absolute atomic E-state index is 12.2. The fourth-order valence-corrected chi connectivity index (χ4v) is 3.46. The van der Waals surface area contributed by atoms with Gasteiger partial charge in [0, 0.05) is 13.2 Å². The summed E-state index contributed by atoms with van der Waals surface area (Å²) in [5.41, 5.74) is 0.595. The molecular formula is C26H46BrNO4. The van der Waals surface area contributed by atoms with Crippen molar-refractivity contribution in [3.63, 3.8) is 0 Å². The van der Waals surface area contributed by atoms with Gasteiger partial charge in [-0.25, -0.2) is 4.79 Å². The zero-order valence-corrected chi connectivity index (χ0v) is 22.4. The van der Waals surface area contributed by atoms with Crippen molar-refractivity contribution in [1.29, 1.82) is 0 Å². The first kappa shape index (κ1) is 31.0. The van der Waals surface area contributed by atoms with Gasteiger partial charge in [0.25, 0.3) is 0 Å². The predicted molar refractivity (Wildman–Crippen MR) is 127 cm³/mol. The summed E-state index contributed by atoms with van der Waals surface area (Å²) >= 11 is 0. The monoisotopic (exact) mass is 515 g/mol. The van der Waals surface area contributed by atoms with Gasteiger partial charge in [-0.15, -0.1) is 0 Å². The van der Waals surface area contributed by atoms with Crippen molar-refractivity contribution in [2.45, 2.75) is 71.3 Å². The lowest BCUT2D eigenvalue weighted by Crippen LogP contribution is -3.00. The van der Waals surface area contributed by atoms with Crippen molar-refractivity contribution in [1.82, 2.24) is 0 Å². The molecule has 0 aromatic heterocycles. The topological polar surface area (TPSA) is 44.8 Å². The van der Waals surface area contributed by atoms with Gasteiger partial charge < -0.3 is 35.7 Å². The van der Waals surface area contributed by atoms with Crippen LogP contribution in [-0.2, 0) is 14.2 Å². The van der Waals surface area contributed by atoms with E-state index in [0.717, 1.165) is 43.6 Å². The highest BCUT2D eigenvalue weighted by molar-refractivity contribution is 5.89. The lowest BCUT2D eigenvalue weighted by Gasteiger charge is -2.33. The Hall–Kier alpha value is -0.950.